The number of nitrogens with two attached hydrogens (primary N) is 1. The molecule has 6 heteroatoms. The van der Waals surface area contributed by atoms with E-state index in [-0.39, 0.29) is 5.95 Å². The lowest BCUT2D eigenvalue weighted by atomic mass is 10.1. The molecular formula is C29H58N6. The molecule has 35 heavy (non-hydrogen) atoms. The van der Waals surface area contributed by atoms with E-state index in [0.29, 0.717) is 11.9 Å². The first-order valence-corrected chi connectivity index (χ1v) is 15.3. The lowest BCUT2D eigenvalue weighted by Gasteiger charge is -2.09. The van der Waals surface area contributed by atoms with Gasteiger partial charge >= 0.3 is 0 Å². The smallest absolute Gasteiger partial charge is 0.229 e. The monoisotopic (exact) mass is 490 g/mol. The normalized spacial score (nSPS) is 11.1. The fraction of sp³-hybridized carbons (Fsp3) is 0.897. The average molecular weight is 491 g/mol. The van der Waals surface area contributed by atoms with E-state index in [9.17, 15) is 0 Å². The van der Waals surface area contributed by atoms with Crippen LogP contribution in [0.1, 0.15) is 155 Å². The molecule has 0 aromatic carbocycles. The Kier molecular flexibility index (Phi) is 21.7. The summed E-state index contributed by atoms with van der Waals surface area (Å²) >= 11 is 0. The first-order chi connectivity index (χ1) is 17.3. The maximum atomic E-state index is 5.89. The van der Waals surface area contributed by atoms with Crippen LogP contribution in [0.25, 0.3) is 0 Å². The van der Waals surface area contributed by atoms with Crippen LogP contribution in [0.15, 0.2) is 0 Å². The third-order valence-corrected chi connectivity index (χ3v) is 6.78. The van der Waals surface area contributed by atoms with Gasteiger partial charge in [-0.1, -0.05) is 142 Å². The molecule has 4 N–H and O–H groups in total. The molecule has 0 saturated heterocycles. The maximum absolute atomic E-state index is 5.89. The van der Waals surface area contributed by atoms with Crippen molar-refractivity contribution in [2.75, 3.05) is 29.5 Å². The fourth-order valence-corrected chi connectivity index (χ4v) is 4.53. The molecule has 0 spiro atoms. The lowest BCUT2D eigenvalue weighted by molar-refractivity contribution is 0.552. The van der Waals surface area contributed by atoms with Gasteiger partial charge in [0.1, 0.15) is 0 Å². The molecule has 0 aliphatic carbocycles. The highest BCUT2D eigenvalue weighted by atomic mass is 15.2. The summed E-state index contributed by atoms with van der Waals surface area (Å²) in [4.78, 5) is 13.0. The summed E-state index contributed by atoms with van der Waals surface area (Å²) in [5.41, 5.74) is 5.89. The Morgan fingerprint density at radius 1 is 0.429 bits per heavy atom. The molecule has 1 aromatic rings. The highest BCUT2D eigenvalue weighted by Gasteiger charge is 2.04. The minimum absolute atomic E-state index is 0.280. The molecule has 0 aliphatic heterocycles. The Bertz CT molecular complexity index is 534. The van der Waals surface area contributed by atoms with Crippen molar-refractivity contribution < 1.29 is 0 Å². The van der Waals surface area contributed by atoms with Crippen LogP contribution in [0.2, 0.25) is 0 Å². The van der Waals surface area contributed by atoms with Crippen LogP contribution in [0.3, 0.4) is 0 Å². The van der Waals surface area contributed by atoms with E-state index in [0.717, 1.165) is 25.9 Å². The summed E-state index contributed by atoms with van der Waals surface area (Å²) in [6, 6.07) is 0. The fourth-order valence-electron chi connectivity index (χ4n) is 4.53. The number of anilines is 3. The molecule has 0 atom stereocenters. The van der Waals surface area contributed by atoms with E-state index in [2.05, 4.69) is 39.4 Å². The number of nitrogens with zero attached hydrogens (tertiary/aromatic N) is 3. The summed E-state index contributed by atoms with van der Waals surface area (Å²) in [6.45, 7) is 6.33. The molecule has 0 fully saturated rings. The van der Waals surface area contributed by atoms with Crippen LogP contribution in [-0.4, -0.2) is 28.0 Å². The molecule has 1 aromatic heterocycles. The molecule has 1 rings (SSSR count). The quantitative estimate of drug-likeness (QED) is 0.112. The number of rotatable bonds is 26. The SMILES string of the molecule is CCCCCCCCCCCCCNc1nc(N)nc(NCCCCCCCCCCCCC)n1. The van der Waals surface area contributed by atoms with Gasteiger partial charge in [-0.05, 0) is 12.8 Å². The molecule has 1 heterocycles. The van der Waals surface area contributed by atoms with Crippen LogP contribution >= 0.6 is 0 Å². The molecule has 0 radical (unpaired) electrons. The number of aromatic nitrogens is 3. The topological polar surface area (TPSA) is 88.8 Å². The minimum Gasteiger partial charge on any atom is -0.368 e. The van der Waals surface area contributed by atoms with Gasteiger partial charge in [0.05, 0.1) is 0 Å². The van der Waals surface area contributed by atoms with Crippen LogP contribution < -0.4 is 16.4 Å². The molecule has 204 valence electrons. The van der Waals surface area contributed by atoms with Crippen molar-refractivity contribution in [3.63, 3.8) is 0 Å². The van der Waals surface area contributed by atoms with Crippen molar-refractivity contribution in [1.82, 2.24) is 15.0 Å². The average Bonchev–Trinajstić information content (AvgIpc) is 2.85. The van der Waals surface area contributed by atoms with Crippen molar-refractivity contribution in [3.05, 3.63) is 0 Å². The predicted octanol–water partition coefficient (Wildman–Crippen LogP) is 8.90. The summed E-state index contributed by atoms with van der Waals surface area (Å²) in [6.07, 6.45) is 29.7. The second-order valence-electron chi connectivity index (χ2n) is 10.3. The minimum atomic E-state index is 0.280. The molecule has 6 nitrogen and oxygen atoms in total. The molecule has 0 unspecified atom stereocenters. The van der Waals surface area contributed by atoms with Crippen molar-refractivity contribution in [1.29, 1.82) is 0 Å². The zero-order valence-corrected chi connectivity index (χ0v) is 23.4. The van der Waals surface area contributed by atoms with Gasteiger partial charge in [-0.2, -0.15) is 15.0 Å². The van der Waals surface area contributed by atoms with Crippen molar-refractivity contribution >= 4 is 17.8 Å². The zero-order valence-electron chi connectivity index (χ0n) is 23.4. The van der Waals surface area contributed by atoms with Crippen molar-refractivity contribution in [2.24, 2.45) is 0 Å². The van der Waals surface area contributed by atoms with E-state index in [4.69, 9.17) is 5.73 Å². The maximum Gasteiger partial charge on any atom is 0.229 e. The van der Waals surface area contributed by atoms with Gasteiger partial charge in [-0.15, -0.1) is 0 Å². The summed E-state index contributed by atoms with van der Waals surface area (Å²) in [5.74, 6) is 1.46. The predicted molar refractivity (Wildman–Crippen MR) is 154 cm³/mol. The Morgan fingerprint density at radius 2 is 0.714 bits per heavy atom. The summed E-state index contributed by atoms with van der Waals surface area (Å²) < 4.78 is 0. The highest BCUT2D eigenvalue weighted by molar-refractivity contribution is 5.39. The molecular weight excluding hydrogens is 432 g/mol. The standard InChI is InChI=1S/C29H58N6/c1-3-5-7-9-11-13-15-17-19-21-23-25-31-28-33-27(30)34-29(35-28)32-26-24-22-20-18-16-14-12-10-8-6-4-2/h3-26H2,1-2H3,(H4,30,31,32,33,34,35). The van der Waals surface area contributed by atoms with E-state index in [1.54, 1.807) is 0 Å². The van der Waals surface area contributed by atoms with E-state index in [1.165, 1.54) is 128 Å². The highest BCUT2D eigenvalue weighted by Crippen LogP contribution is 2.13. The summed E-state index contributed by atoms with van der Waals surface area (Å²) in [5, 5.41) is 6.64. The molecule has 0 aliphatic rings. The number of hydrogen-bond donors (Lipinski definition) is 3. The van der Waals surface area contributed by atoms with Crippen molar-refractivity contribution in [3.8, 4) is 0 Å². The Morgan fingerprint density at radius 3 is 1.03 bits per heavy atom. The van der Waals surface area contributed by atoms with Gasteiger partial charge in [0.2, 0.25) is 17.8 Å². The number of hydrogen-bond acceptors (Lipinski definition) is 6. The number of nitrogen functional groups attached to an aromatic ring is 1. The summed E-state index contributed by atoms with van der Waals surface area (Å²) in [7, 11) is 0. The molecule has 0 amide bonds. The van der Waals surface area contributed by atoms with E-state index >= 15 is 0 Å². The third kappa shape index (κ3) is 20.3. The van der Waals surface area contributed by atoms with Gasteiger partial charge in [0.25, 0.3) is 0 Å². The Labute approximate surface area is 217 Å². The molecule has 0 bridgehead atoms. The van der Waals surface area contributed by atoms with E-state index in [1.807, 2.05) is 0 Å². The van der Waals surface area contributed by atoms with Crippen molar-refractivity contribution in [2.45, 2.75) is 155 Å². The first kappa shape index (κ1) is 31.4. The van der Waals surface area contributed by atoms with Crippen LogP contribution in [-0.2, 0) is 0 Å². The van der Waals surface area contributed by atoms with E-state index < -0.39 is 0 Å². The van der Waals surface area contributed by atoms with Gasteiger partial charge in [-0.25, -0.2) is 0 Å². The Hall–Kier alpha value is -1.59. The van der Waals surface area contributed by atoms with Gasteiger partial charge in [-0.3, -0.25) is 0 Å². The zero-order chi connectivity index (χ0) is 25.2. The lowest BCUT2D eigenvalue weighted by Crippen LogP contribution is -2.12. The number of nitrogens with one attached hydrogen (secondary N) is 2. The van der Waals surface area contributed by atoms with Crippen LogP contribution in [0.4, 0.5) is 17.8 Å². The second-order valence-corrected chi connectivity index (χ2v) is 10.3. The van der Waals surface area contributed by atoms with Crippen LogP contribution in [0.5, 0.6) is 0 Å². The third-order valence-electron chi connectivity index (χ3n) is 6.78. The second kappa shape index (κ2) is 24.1. The Balaban J connectivity index is 1.99. The van der Waals surface area contributed by atoms with Gasteiger partial charge < -0.3 is 16.4 Å². The van der Waals surface area contributed by atoms with Crippen LogP contribution in [0, 0.1) is 0 Å². The van der Waals surface area contributed by atoms with Gasteiger partial charge in [0.15, 0.2) is 0 Å². The number of unbranched alkanes of at least 4 members (excludes halogenated alkanes) is 20. The first-order valence-electron chi connectivity index (χ1n) is 15.3. The molecule has 0 saturated carbocycles. The van der Waals surface area contributed by atoms with Gasteiger partial charge in [0, 0.05) is 13.1 Å². The largest absolute Gasteiger partial charge is 0.368 e.